The van der Waals surface area contributed by atoms with Crippen molar-refractivity contribution in [2.24, 2.45) is 5.73 Å². The number of rotatable bonds is 5. The van der Waals surface area contributed by atoms with Crippen LogP contribution in [-0.2, 0) is 4.79 Å². The molecule has 14 heavy (non-hydrogen) atoms. The SMILES string of the molecule is CCC(N)C(CC(=O)O)c1ccoc1. The Morgan fingerprint density at radius 1 is 1.71 bits per heavy atom. The Morgan fingerprint density at radius 2 is 2.43 bits per heavy atom. The second-order valence-corrected chi connectivity index (χ2v) is 3.33. The van der Waals surface area contributed by atoms with E-state index in [0.29, 0.717) is 0 Å². The zero-order chi connectivity index (χ0) is 10.6. The number of nitrogens with two attached hydrogens (primary N) is 1. The van der Waals surface area contributed by atoms with E-state index in [0.717, 1.165) is 12.0 Å². The van der Waals surface area contributed by atoms with Gasteiger partial charge in [-0.2, -0.15) is 0 Å². The Morgan fingerprint density at radius 3 is 2.86 bits per heavy atom. The first kappa shape index (κ1) is 10.8. The maximum absolute atomic E-state index is 10.6. The molecular weight excluding hydrogens is 182 g/mol. The van der Waals surface area contributed by atoms with Crippen molar-refractivity contribution in [2.45, 2.75) is 31.7 Å². The second-order valence-electron chi connectivity index (χ2n) is 3.33. The standard InChI is InChI=1S/C10H15NO3/c1-2-9(11)8(5-10(12)13)7-3-4-14-6-7/h3-4,6,8-9H,2,5,11H2,1H3,(H,12,13). The molecule has 0 spiro atoms. The Labute approximate surface area is 82.7 Å². The van der Waals surface area contributed by atoms with Crippen molar-refractivity contribution < 1.29 is 14.3 Å². The molecule has 0 radical (unpaired) electrons. The number of carboxylic acids is 1. The van der Waals surface area contributed by atoms with Gasteiger partial charge in [-0.3, -0.25) is 4.79 Å². The van der Waals surface area contributed by atoms with Crippen LogP contribution in [0.2, 0.25) is 0 Å². The summed E-state index contributed by atoms with van der Waals surface area (Å²) in [5, 5.41) is 8.74. The highest BCUT2D eigenvalue weighted by Gasteiger charge is 2.22. The summed E-state index contributed by atoms with van der Waals surface area (Å²) in [4.78, 5) is 10.6. The average Bonchev–Trinajstić information content (AvgIpc) is 2.65. The average molecular weight is 197 g/mol. The second kappa shape index (κ2) is 4.81. The number of hydrogen-bond acceptors (Lipinski definition) is 3. The number of hydrogen-bond donors (Lipinski definition) is 2. The molecule has 0 amide bonds. The molecule has 0 saturated carbocycles. The topological polar surface area (TPSA) is 76.5 Å². The molecule has 0 saturated heterocycles. The van der Waals surface area contributed by atoms with Gasteiger partial charge in [0.05, 0.1) is 18.9 Å². The van der Waals surface area contributed by atoms with Gasteiger partial charge in [-0.15, -0.1) is 0 Å². The van der Waals surface area contributed by atoms with Gasteiger partial charge >= 0.3 is 5.97 Å². The molecular formula is C10H15NO3. The lowest BCUT2D eigenvalue weighted by atomic mass is 9.89. The zero-order valence-electron chi connectivity index (χ0n) is 8.14. The molecule has 1 aromatic heterocycles. The minimum Gasteiger partial charge on any atom is -0.481 e. The summed E-state index contributed by atoms with van der Waals surface area (Å²) in [7, 11) is 0. The zero-order valence-corrected chi connectivity index (χ0v) is 8.14. The van der Waals surface area contributed by atoms with Crippen molar-refractivity contribution in [2.75, 3.05) is 0 Å². The van der Waals surface area contributed by atoms with Crippen LogP contribution in [0.4, 0.5) is 0 Å². The van der Waals surface area contributed by atoms with Crippen molar-refractivity contribution >= 4 is 5.97 Å². The van der Waals surface area contributed by atoms with Crippen LogP contribution in [0, 0.1) is 0 Å². The summed E-state index contributed by atoms with van der Waals surface area (Å²) in [5.41, 5.74) is 6.71. The van der Waals surface area contributed by atoms with Crippen molar-refractivity contribution in [1.82, 2.24) is 0 Å². The molecule has 0 aliphatic heterocycles. The van der Waals surface area contributed by atoms with Gasteiger partial charge < -0.3 is 15.3 Å². The molecule has 3 N–H and O–H groups in total. The van der Waals surface area contributed by atoms with E-state index in [1.807, 2.05) is 6.92 Å². The fraction of sp³-hybridized carbons (Fsp3) is 0.500. The summed E-state index contributed by atoms with van der Waals surface area (Å²) in [5.74, 6) is -0.989. The third-order valence-electron chi connectivity index (χ3n) is 2.35. The summed E-state index contributed by atoms with van der Waals surface area (Å²) >= 11 is 0. The maximum atomic E-state index is 10.6. The van der Waals surface area contributed by atoms with Gasteiger partial charge in [-0.05, 0) is 18.1 Å². The summed E-state index contributed by atoms with van der Waals surface area (Å²) in [6, 6.07) is 1.63. The largest absolute Gasteiger partial charge is 0.481 e. The van der Waals surface area contributed by atoms with Gasteiger partial charge in [0.2, 0.25) is 0 Å². The lowest BCUT2D eigenvalue weighted by molar-refractivity contribution is -0.137. The monoisotopic (exact) mass is 197 g/mol. The first-order valence-corrected chi connectivity index (χ1v) is 4.64. The van der Waals surface area contributed by atoms with Crippen molar-refractivity contribution in [3.05, 3.63) is 24.2 Å². The van der Waals surface area contributed by atoms with Crippen molar-refractivity contribution in [1.29, 1.82) is 0 Å². The highest BCUT2D eigenvalue weighted by molar-refractivity contribution is 5.68. The van der Waals surface area contributed by atoms with E-state index < -0.39 is 5.97 Å². The fourth-order valence-corrected chi connectivity index (χ4v) is 1.48. The quantitative estimate of drug-likeness (QED) is 0.751. The molecule has 0 fully saturated rings. The molecule has 2 unspecified atom stereocenters. The molecule has 78 valence electrons. The highest BCUT2D eigenvalue weighted by atomic mass is 16.4. The van der Waals surface area contributed by atoms with Crippen LogP contribution in [0.1, 0.15) is 31.2 Å². The third kappa shape index (κ3) is 2.60. The van der Waals surface area contributed by atoms with Gasteiger partial charge in [-0.1, -0.05) is 6.92 Å². The van der Waals surface area contributed by atoms with Gasteiger partial charge in [0, 0.05) is 12.0 Å². The van der Waals surface area contributed by atoms with E-state index in [-0.39, 0.29) is 18.4 Å². The molecule has 1 heterocycles. The van der Waals surface area contributed by atoms with Gasteiger partial charge in [0.25, 0.3) is 0 Å². The van der Waals surface area contributed by atoms with E-state index in [1.165, 1.54) is 6.26 Å². The Bertz CT molecular complexity index is 282. The number of carbonyl (C=O) groups is 1. The molecule has 1 aromatic rings. The van der Waals surface area contributed by atoms with Crippen LogP contribution >= 0.6 is 0 Å². The number of carboxylic acid groups (broad SMARTS) is 1. The van der Waals surface area contributed by atoms with Gasteiger partial charge in [0.1, 0.15) is 0 Å². The van der Waals surface area contributed by atoms with Crippen molar-refractivity contribution in [3.8, 4) is 0 Å². The normalized spacial score (nSPS) is 15.0. The van der Waals surface area contributed by atoms with E-state index in [4.69, 9.17) is 15.3 Å². The van der Waals surface area contributed by atoms with E-state index in [2.05, 4.69) is 0 Å². The molecule has 4 nitrogen and oxygen atoms in total. The van der Waals surface area contributed by atoms with E-state index in [1.54, 1.807) is 12.3 Å². The summed E-state index contributed by atoms with van der Waals surface area (Å²) < 4.78 is 4.92. The number of aliphatic carboxylic acids is 1. The summed E-state index contributed by atoms with van der Waals surface area (Å²) in [6.45, 7) is 1.94. The van der Waals surface area contributed by atoms with Crippen LogP contribution in [0.25, 0.3) is 0 Å². The Hall–Kier alpha value is -1.29. The molecule has 0 aromatic carbocycles. The van der Waals surface area contributed by atoms with E-state index >= 15 is 0 Å². The van der Waals surface area contributed by atoms with Crippen LogP contribution in [0.3, 0.4) is 0 Å². The molecule has 0 bridgehead atoms. The van der Waals surface area contributed by atoms with E-state index in [9.17, 15) is 4.79 Å². The molecule has 0 aliphatic carbocycles. The van der Waals surface area contributed by atoms with Crippen LogP contribution in [-0.4, -0.2) is 17.1 Å². The fourth-order valence-electron chi connectivity index (χ4n) is 1.48. The van der Waals surface area contributed by atoms with Crippen LogP contribution in [0.5, 0.6) is 0 Å². The number of furan rings is 1. The highest BCUT2D eigenvalue weighted by Crippen LogP contribution is 2.24. The molecule has 1 rings (SSSR count). The third-order valence-corrected chi connectivity index (χ3v) is 2.35. The minimum absolute atomic E-state index is 0.0501. The first-order valence-electron chi connectivity index (χ1n) is 4.64. The predicted octanol–water partition coefficient (Wildman–Crippen LogP) is 1.58. The van der Waals surface area contributed by atoms with Crippen molar-refractivity contribution in [3.63, 3.8) is 0 Å². The Balaban J connectivity index is 2.77. The molecule has 0 aliphatic rings. The molecule has 2 atom stereocenters. The van der Waals surface area contributed by atoms with Gasteiger partial charge in [-0.25, -0.2) is 0 Å². The Kier molecular flexibility index (Phi) is 3.71. The maximum Gasteiger partial charge on any atom is 0.304 e. The first-order chi connectivity index (χ1) is 6.65. The predicted molar refractivity (Wildman–Crippen MR) is 52.0 cm³/mol. The minimum atomic E-state index is -0.833. The lowest BCUT2D eigenvalue weighted by Crippen LogP contribution is -2.29. The molecule has 4 heteroatoms. The lowest BCUT2D eigenvalue weighted by Gasteiger charge is -2.19. The van der Waals surface area contributed by atoms with Crippen LogP contribution in [0.15, 0.2) is 23.0 Å². The van der Waals surface area contributed by atoms with Gasteiger partial charge in [0.15, 0.2) is 0 Å². The summed E-state index contributed by atoms with van der Waals surface area (Å²) in [6.07, 6.45) is 3.90. The van der Waals surface area contributed by atoms with Crippen LogP contribution < -0.4 is 5.73 Å². The smallest absolute Gasteiger partial charge is 0.304 e.